The zero-order valence-electron chi connectivity index (χ0n) is 19.0. The number of nitrogens with one attached hydrogen (secondary N) is 2. The van der Waals surface area contributed by atoms with E-state index in [1.54, 1.807) is 12.1 Å². The number of hydrogen-bond acceptors (Lipinski definition) is 4. The Labute approximate surface area is 200 Å². The van der Waals surface area contributed by atoms with Crippen molar-refractivity contribution in [3.63, 3.8) is 0 Å². The number of likely N-dealkylation sites (N-methyl/N-ethyl adjacent to an activating group) is 1. The van der Waals surface area contributed by atoms with Gasteiger partial charge in [0.15, 0.2) is 0 Å². The average molecular weight is 487 g/mol. The summed E-state index contributed by atoms with van der Waals surface area (Å²) in [6, 6.07) is 12.8. The van der Waals surface area contributed by atoms with E-state index in [9.17, 15) is 22.4 Å². The maximum Gasteiger partial charge on any atom is 0.433 e. The lowest BCUT2D eigenvalue weighted by Gasteiger charge is -2.26. The number of nitrogens with zero attached hydrogens (tertiary/aromatic N) is 1. The van der Waals surface area contributed by atoms with Gasteiger partial charge < -0.3 is 10.1 Å². The van der Waals surface area contributed by atoms with Crippen molar-refractivity contribution in [2.75, 3.05) is 13.7 Å². The van der Waals surface area contributed by atoms with Gasteiger partial charge in [0, 0.05) is 25.7 Å². The van der Waals surface area contributed by atoms with Crippen molar-refractivity contribution >= 4 is 5.91 Å². The maximum absolute atomic E-state index is 13.5. The van der Waals surface area contributed by atoms with Crippen LogP contribution in [0.25, 0.3) is 0 Å². The number of ether oxygens (including phenoxy) is 1. The molecule has 0 spiro atoms. The molecule has 0 saturated heterocycles. The molecule has 1 amide bonds. The summed E-state index contributed by atoms with van der Waals surface area (Å²) < 4.78 is 57.7. The molecule has 0 aliphatic carbocycles. The zero-order chi connectivity index (χ0) is 25.0. The lowest BCUT2D eigenvalue weighted by Crippen LogP contribution is -2.38. The molecular weight excluding hydrogens is 462 g/mol. The third kappa shape index (κ3) is 5.97. The molecule has 4 rings (SSSR count). The van der Waals surface area contributed by atoms with Gasteiger partial charge in [-0.1, -0.05) is 30.3 Å². The highest BCUT2D eigenvalue weighted by Gasteiger charge is 2.32. The highest BCUT2D eigenvalue weighted by Crippen LogP contribution is 2.32. The number of benzene rings is 2. The molecule has 1 aliphatic heterocycles. The summed E-state index contributed by atoms with van der Waals surface area (Å²) in [4.78, 5) is 16.3. The highest BCUT2D eigenvalue weighted by atomic mass is 19.4. The number of pyridine rings is 1. The van der Waals surface area contributed by atoms with Crippen molar-refractivity contribution < 1.29 is 27.1 Å². The lowest BCUT2D eigenvalue weighted by molar-refractivity contribution is -0.141. The Hall–Kier alpha value is -3.46. The molecule has 2 aromatic carbocycles. The normalized spacial score (nSPS) is 14.7. The Balaban J connectivity index is 1.60. The minimum atomic E-state index is -4.50. The summed E-state index contributed by atoms with van der Waals surface area (Å²) in [7, 11) is 1.52. The minimum absolute atomic E-state index is 0.290. The Bertz CT molecular complexity index is 1160. The van der Waals surface area contributed by atoms with Crippen molar-refractivity contribution in [2.45, 2.75) is 37.5 Å². The van der Waals surface area contributed by atoms with Crippen LogP contribution in [0.15, 0.2) is 60.8 Å². The molecule has 0 saturated carbocycles. The van der Waals surface area contributed by atoms with Gasteiger partial charge in [-0.05, 0) is 59.4 Å². The van der Waals surface area contributed by atoms with E-state index in [4.69, 9.17) is 4.74 Å². The van der Waals surface area contributed by atoms with Gasteiger partial charge in [0.05, 0.1) is 6.61 Å². The fourth-order valence-electron chi connectivity index (χ4n) is 4.14. The fraction of sp³-hybridized carbons (Fsp3) is 0.308. The monoisotopic (exact) mass is 487 g/mol. The van der Waals surface area contributed by atoms with E-state index in [1.807, 2.05) is 18.2 Å². The summed E-state index contributed by atoms with van der Waals surface area (Å²) in [6.45, 7) is 0.602. The number of aromatic nitrogens is 1. The number of halogens is 4. The number of fused-ring (bicyclic) bond motifs is 1. The Morgan fingerprint density at radius 1 is 1.09 bits per heavy atom. The van der Waals surface area contributed by atoms with Gasteiger partial charge in [-0.2, -0.15) is 13.2 Å². The van der Waals surface area contributed by atoms with E-state index in [-0.39, 0.29) is 11.9 Å². The molecule has 2 N–H and O–H groups in total. The van der Waals surface area contributed by atoms with Crippen LogP contribution in [0.5, 0.6) is 5.75 Å². The van der Waals surface area contributed by atoms with Crippen LogP contribution in [0.4, 0.5) is 17.6 Å². The number of amides is 1. The molecule has 2 unspecified atom stereocenters. The molecular formula is C26H25F4N3O2. The predicted molar refractivity (Wildman–Crippen MR) is 122 cm³/mol. The van der Waals surface area contributed by atoms with E-state index in [0.29, 0.717) is 30.6 Å². The van der Waals surface area contributed by atoms with E-state index in [0.717, 1.165) is 29.4 Å². The summed E-state index contributed by atoms with van der Waals surface area (Å²) in [5.41, 5.74) is 2.28. The van der Waals surface area contributed by atoms with Crippen molar-refractivity contribution in [2.24, 2.45) is 0 Å². The topological polar surface area (TPSA) is 63.2 Å². The minimum Gasteiger partial charge on any atom is -0.493 e. The van der Waals surface area contributed by atoms with Crippen LogP contribution in [-0.4, -0.2) is 24.5 Å². The van der Waals surface area contributed by atoms with Crippen LogP contribution < -0.4 is 15.4 Å². The number of rotatable bonds is 8. The van der Waals surface area contributed by atoms with Crippen LogP contribution in [0.3, 0.4) is 0 Å². The zero-order valence-corrected chi connectivity index (χ0v) is 19.0. The summed E-state index contributed by atoms with van der Waals surface area (Å²) in [5, 5.41) is 6.02. The molecule has 2 heterocycles. The van der Waals surface area contributed by atoms with Crippen LogP contribution in [-0.2, 0) is 23.8 Å². The number of aryl methyl sites for hydroxylation is 1. The molecule has 0 fully saturated rings. The van der Waals surface area contributed by atoms with Gasteiger partial charge >= 0.3 is 6.18 Å². The standard InChI is InChI=1S/C26H25F4N3O2/c1-31-25(34)24(17-4-7-20(27)8-5-17)33-21(18-6-10-22-19(14-18)12-13-35-22)9-2-16-3-11-23(32-15-16)26(28,29)30/h3-8,10-11,14-15,21,24,33H,2,9,12-13H2,1H3,(H,31,34). The first-order valence-electron chi connectivity index (χ1n) is 11.3. The quantitative estimate of drug-likeness (QED) is 0.443. The van der Waals surface area contributed by atoms with E-state index >= 15 is 0 Å². The molecule has 35 heavy (non-hydrogen) atoms. The van der Waals surface area contributed by atoms with Gasteiger partial charge in [0.1, 0.15) is 23.3 Å². The molecule has 9 heteroatoms. The van der Waals surface area contributed by atoms with E-state index in [1.165, 1.54) is 31.4 Å². The van der Waals surface area contributed by atoms with E-state index in [2.05, 4.69) is 15.6 Å². The van der Waals surface area contributed by atoms with Gasteiger partial charge in [-0.15, -0.1) is 0 Å². The molecule has 3 aromatic rings. The number of carbonyl (C=O) groups excluding carboxylic acids is 1. The Kier molecular flexibility index (Phi) is 7.35. The predicted octanol–water partition coefficient (Wildman–Crippen LogP) is 4.93. The second kappa shape index (κ2) is 10.4. The smallest absolute Gasteiger partial charge is 0.433 e. The van der Waals surface area contributed by atoms with Crippen LogP contribution in [0.2, 0.25) is 0 Å². The first-order chi connectivity index (χ1) is 16.7. The molecule has 0 bridgehead atoms. The van der Waals surface area contributed by atoms with Gasteiger partial charge in [0.2, 0.25) is 5.91 Å². The number of carbonyl (C=O) groups is 1. The van der Waals surface area contributed by atoms with Crippen LogP contribution in [0, 0.1) is 5.82 Å². The second-order valence-electron chi connectivity index (χ2n) is 8.37. The Morgan fingerprint density at radius 3 is 2.49 bits per heavy atom. The fourth-order valence-corrected chi connectivity index (χ4v) is 4.14. The van der Waals surface area contributed by atoms with Gasteiger partial charge in [0.25, 0.3) is 0 Å². The SMILES string of the molecule is CNC(=O)C(NC(CCc1ccc(C(F)(F)F)nc1)c1ccc2c(c1)CCO2)c1ccc(F)cc1. The first-order valence-corrected chi connectivity index (χ1v) is 11.3. The van der Waals surface area contributed by atoms with Crippen molar-refractivity contribution in [1.82, 2.24) is 15.6 Å². The average Bonchev–Trinajstić information content (AvgIpc) is 3.32. The van der Waals surface area contributed by atoms with Crippen LogP contribution in [0.1, 0.15) is 46.5 Å². The third-order valence-electron chi connectivity index (χ3n) is 6.03. The summed E-state index contributed by atoms with van der Waals surface area (Å²) >= 11 is 0. The number of hydrogen-bond donors (Lipinski definition) is 2. The molecule has 2 atom stereocenters. The van der Waals surface area contributed by atoms with Crippen LogP contribution >= 0.6 is 0 Å². The molecule has 1 aromatic heterocycles. The third-order valence-corrected chi connectivity index (χ3v) is 6.03. The van der Waals surface area contributed by atoms with Crippen molar-refractivity contribution in [3.05, 3.63) is 94.6 Å². The molecule has 184 valence electrons. The van der Waals surface area contributed by atoms with E-state index < -0.39 is 23.7 Å². The maximum atomic E-state index is 13.5. The summed E-state index contributed by atoms with van der Waals surface area (Å²) in [5.74, 6) is 0.123. The second-order valence-corrected chi connectivity index (χ2v) is 8.37. The molecule has 1 aliphatic rings. The van der Waals surface area contributed by atoms with Crippen molar-refractivity contribution in [1.29, 1.82) is 0 Å². The molecule has 5 nitrogen and oxygen atoms in total. The number of alkyl halides is 3. The molecule has 0 radical (unpaired) electrons. The highest BCUT2D eigenvalue weighted by molar-refractivity contribution is 5.83. The van der Waals surface area contributed by atoms with Crippen molar-refractivity contribution in [3.8, 4) is 5.75 Å². The van der Waals surface area contributed by atoms with Gasteiger partial charge in [-0.25, -0.2) is 4.39 Å². The Morgan fingerprint density at radius 2 is 1.83 bits per heavy atom. The van der Waals surface area contributed by atoms with Gasteiger partial charge in [-0.3, -0.25) is 15.1 Å². The first kappa shape index (κ1) is 24.7. The summed E-state index contributed by atoms with van der Waals surface area (Å²) in [6.07, 6.45) is -1.57. The largest absolute Gasteiger partial charge is 0.493 e. The lowest BCUT2D eigenvalue weighted by atomic mass is 9.95.